The minimum absolute atomic E-state index is 0.000519. The third kappa shape index (κ3) is 3.44. The van der Waals surface area contributed by atoms with Crippen molar-refractivity contribution in [2.45, 2.75) is 38.8 Å². The summed E-state index contributed by atoms with van der Waals surface area (Å²) in [6.45, 7) is 3.26. The highest BCUT2D eigenvalue weighted by Gasteiger charge is 2.46. The number of aromatic nitrogens is 4. The lowest BCUT2D eigenvalue weighted by molar-refractivity contribution is 0.186. The zero-order valence-electron chi connectivity index (χ0n) is 17.7. The lowest BCUT2D eigenvalue weighted by Gasteiger charge is -2.42. The number of anilines is 1. The highest BCUT2D eigenvalue weighted by molar-refractivity contribution is 6.42. The van der Waals surface area contributed by atoms with Crippen LogP contribution in [0.25, 0.3) is 11.3 Å². The smallest absolute Gasteiger partial charge is 0.153 e. The summed E-state index contributed by atoms with van der Waals surface area (Å²) in [5.74, 6) is 0.710. The van der Waals surface area contributed by atoms with E-state index in [1.807, 2.05) is 19.2 Å². The van der Waals surface area contributed by atoms with Crippen molar-refractivity contribution in [2.24, 2.45) is 11.1 Å². The van der Waals surface area contributed by atoms with Crippen molar-refractivity contribution >= 4 is 29.0 Å². The Labute approximate surface area is 196 Å². The monoisotopic (exact) mass is 470 g/mol. The molecule has 0 unspecified atom stereocenters. The molecule has 1 spiro atoms. The summed E-state index contributed by atoms with van der Waals surface area (Å²) in [5, 5.41) is 10.6. The van der Waals surface area contributed by atoms with Gasteiger partial charge in [0.05, 0.1) is 23.0 Å². The number of aliphatic hydroxyl groups is 1. The van der Waals surface area contributed by atoms with Gasteiger partial charge < -0.3 is 15.7 Å². The summed E-state index contributed by atoms with van der Waals surface area (Å²) in [4.78, 5) is 20.3. The van der Waals surface area contributed by atoms with Gasteiger partial charge in [0, 0.05) is 42.8 Å². The first-order chi connectivity index (χ1) is 15.4. The van der Waals surface area contributed by atoms with Gasteiger partial charge in [-0.05, 0) is 49.3 Å². The van der Waals surface area contributed by atoms with Gasteiger partial charge in [0.1, 0.15) is 10.8 Å². The molecular weight excluding hydrogens is 447 g/mol. The van der Waals surface area contributed by atoms with Crippen LogP contribution in [-0.4, -0.2) is 38.1 Å². The van der Waals surface area contributed by atoms with E-state index in [0.29, 0.717) is 27.8 Å². The molecule has 0 aromatic carbocycles. The maximum atomic E-state index is 10.1. The standard InChI is InChI=1S/C23H24Cl2N6O/c1-13-19(15-4-8-28-21(25)18(15)24)30-17(12-32)22(29-13)31-9-5-23(6-10-31)11-16-14(20(23)26)3-2-7-27-16/h2-4,7-8,20,32H,5-6,9-12,26H2,1H3/t20-/m1/s1. The van der Waals surface area contributed by atoms with Crippen molar-refractivity contribution < 1.29 is 5.11 Å². The summed E-state index contributed by atoms with van der Waals surface area (Å²) in [5.41, 5.74) is 11.5. The topological polar surface area (TPSA) is 101 Å². The summed E-state index contributed by atoms with van der Waals surface area (Å²) in [6, 6.07) is 5.81. The van der Waals surface area contributed by atoms with Gasteiger partial charge in [0.25, 0.3) is 0 Å². The van der Waals surface area contributed by atoms with Crippen LogP contribution in [0.3, 0.4) is 0 Å². The second-order valence-corrected chi connectivity index (χ2v) is 9.33. The minimum atomic E-state index is -0.220. The maximum Gasteiger partial charge on any atom is 0.153 e. The van der Waals surface area contributed by atoms with E-state index in [0.717, 1.165) is 43.7 Å². The van der Waals surface area contributed by atoms with Crippen LogP contribution in [0.15, 0.2) is 30.6 Å². The summed E-state index contributed by atoms with van der Waals surface area (Å²) < 4.78 is 0. The molecule has 166 valence electrons. The fourth-order valence-corrected chi connectivity index (χ4v) is 5.42. The van der Waals surface area contributed by atoms with Crippen molar-refractivity contribution in [3.05, 3.63) is 63.4 Å². The Kier molecular flexibility index (Phi) is 5.53. The summed E-state index contributed by atoms with van der Waals surface area (Å²) in [6.07, 6.45) is 6.21. The normalized spacial score (nSPS) is 19.4. The van der Waals surface area contributed by atoms with Gasteiger partial charge in [-0.3, -0.25) is 4.98 Å². The van der Waals surface area contributed by atoms with Gasteiger partial charge in [0.15, 0.2) is 5.82 Å². The number of nitrogens with zero attached hydrogens (tertiary/aromatic N) is 5. The molecule has 1 aliphatic carbocycles. The maximum absolute atomic E-state index is 10.1. The molecule has 3 N–H and O–H groups in total. The molecule has 1 saturated heterocycles. The van der Waals surface area contributed by atoms with Crippen molar-refractivity contribution in [2.75, 3.05) is 18.0 Å². The van der Waals surface area contributed by atoms with Crippen LogP contribution in [0, 0.1) is 12.3 Å². The Morgan fingerprint density at radius 1 is 1.16 bits per heavy atom. The quantitative estimate of drug-likeness (QED) is 0.559. The van der Waals surface area contributed by atoms with Crippen LogP contribution >= 0.6 is 23.2 Å². The number of hydrogen-bond acceptors (Lipinski definition) is 7. The number of pyridine rings is 2. The molecule has 0 bridgehead atoms. The fourth-order valence-electron chi connectivity index (χ4n) is 5.06. The number of rotatable bonds is 3. The average Bonchev–Trinajstić information content (AvgIpc) is 3.07. The number of hydrogen-bond donors (Lipinski definition) is 2. The lowest BCUT2D eigenvalue weighted by atomic mass is 9.73. The molecule has 0 saturated carbocycles. The Balaban J connectivity index is 1.42. The van der Waals surface area contributed by atoms with Crippen LogP contribution in [-0.2, 0) is 13.0 Å². The molecule has 7 nitrogen and oxygen atoms in total. The van der Waals surface area contributed by atoms with E-state index in [9.17, 15) is 5.11 Å². The number of aliphatic hydroxyl groups excluding tert-OH is 1. The Morgan fingerprint density at radius 2 is 1.94 bits per heavy atom. The first-order valence-corrected chi connectivity index (χ1v) is 11.4. The highest BCUT2D eigenvalue weighted by Crippen LogP contribution is 2.50. The van der Waals surface area contributed by atoms with Gasteiger partial charge >= 0.3 is 0 Å². The predicted octanol–water partition coefficient (Wildman–Crippen LogP) is 3.88. The average molecular weight is 471 g/mol. The molecule has 1 aliphatic heterocycles. The molecule has 1 atom stereocenters. The van der Waals surface area contributed by atoms with E-state index in [1.54, 1.807) is 12.3 Å². The van der Waals surface area contributed by atoms with Gasteiger partial charge in [-0.1, -0.05) is 29.3 Å². The molecule has 3 aromatic heterocycles. The van der Waals surface area contributed by atoms with Crippen LogP contribution in [0.2, 0.25) is 10.2 Å². The third-order valence-electron chi connectivity index (χ3n) is 6.87. The minimum Gasteiger partial charge on any atom is -0.390 e. The molecule has 4 heterocycles. The van der Waals surface area contributed by atoms with Gasteiger partial charge in [-0.15, -0.1) is 0 Å². The zero-order valence-corrected chi connectivity index (χ0v) is 19.2. The van der Waals surface area contributed by atoms with Crippen molar-refractivity contribution in [1.82, 2.24) is 19.9 Å². The third-order valence-corrected chi connectivity index (χ3v) is 7.64. The fraction of sp³-hybridized carbons (Fsp3) is 0.391. The zero-order chi connectivity index (χ0) is 22.5. The Hall–Kier alpha value is -2.32. The lowest BCUT2D eigenvalue weighted by Crippen LogP contribution is -2.45. The van der Waals surface area contributed by atoms with Crippen LogP contribution in [0.5, 0.6) is 0 Å². The predicted molar refractivity (Wildman–Crippen MR) is 125 cm³/mol. The van der Waals surface area contributed by atoms with E-state index in [-0.39, 0.29) is 23.2 Å². The van der Waals surface area contributed by atoms with Crippen molar-refractivity contribution in [3.63, 3.8) is 0 Å². The number of nitrogens with two attached hydrogens (primary N) is 1. The summed E-state index contributed by atoms with van der Waals surface area (Å²) in [7, 11) is 0. The SMILES string of the molecule is Cc1nc(N2CCC3(CC2)Cc2ncccc2[C@H]3N)c(CO)nc1-c1ccnc(Cl)c1Cl. The molecule has 0 amide bonds. The second-order valence-electron chi connectivity index (χ2n) is 8.59. The Morgan fingerprint density at radius 3 is 2.66 bits per heavy atom. The molecule has 0 radical (unpaired) electrons. The number of piperidine rings is 1. The van der Waals surface area contributed by atoms with Crippen LogP contribution in [0.4, 0.5) is 5.82 Å². The molecule has 32 heavy (non-hydrogen) atoms. The largest absolute Gasteiger partial charge is 0.390 e. The Bertz CT molecular complexity index is 1180. The molecule has 9 heteroatoms. The van der Waals surface area contributed by atoms with E-state index in [2.05, 4.69) is 20.9 Å². The van der Waals surface area contributed by atoms with Crippen LogP contribution < -0.4 is 10.6 Å². The molecule has 5 rings (SSSR count). The van der Waals surface area contributed by atoms with Gasteiger partial charge in [0.2, 0.25) is 0 Å². The van der Waals surface area contributed by atoms with E-state index < -0.39 is 0 Å². The molecule has 2 aliphatic rings. The second kappa shape index (κ2) is 8.23. The van der Waals surface area contributed by atoms with Crippen molar-refractivity contribution in [1.29, 1.82) is 0 Å². The van der Waals surface area contributed by atoms with E-state index in [1.165, 1.54) is 5.56 Å². The van der Waals surface area contributed by atoms with Crippen molar-refractivity contribution in [3.8, 4) is 11.3 Å². The van der Waals surface area contributed by atoms with E-state index >= 15 is 0 Å². The summed E-state index contributed by atoms with van der Waals surface area (Å²) >= 11 is 12.4. The first kappa shape index (κ1) is 21.5. The van der Waals surface area contributed by atoms with Gasteiger partial charge in [-0.2, -0.15) is 0 Å². The molecule has 3 aromatic rings. The molecule has 1 fully saturated rings. The number of halogens is 2. The first-order valence-electron chi connectivity index (χ1n) is 10.7. The number of aryl methyl sites for hydroxylation is 1. The highest BCUT2D eigenvalue weighted by atomic mass is 35.5. The van der Waals surface area contributed by atoms with Crippen LogP contribution in [0.1, 0.15) is 41.5 Å². The van der Waals surface area contributed by atoms with E-state index in [4.69, 9.17) is 38.9 Å². The number of fused-ring (bicyclic) bond motifs is 1. The van der Waals surface area contributed by atoms with Gasteiger partial charge in [-0.25, -0.2) is 15.0 Å². The molecular formula is C23H24Cl2N6O.